The van der Waals surface area contributed by atoms with Gasteiger partial charge >= 0.3 is 11.8 Å². The molecule has 2 N–H and O–H groups in total. The Bertz CT molecular complexity index is 578. The van der Waals surface area contributed by atoms with Crippen LogP contribution in [0.15, 0.2) is 30.3 Å². The minimum atomic E-state index is -0.521. The number of likely N-dealkylation sites (tertiary alicyclic amines) is 1. The van der Waals surface area contributed by atoms with Crippen molar-refractivity contribution in [2.45, 2.75) is 57.7 Å². The zero-order valence-electron chi connectivity index (χ0n) is 14.7. The second-order valence-corrected chi connectivity index (χ2v) is 7.63. The highest BCUT2D eigenvalue weighted by molar-refractivity contribution is 6.40. The number of carbonyl (C=O) groups is 2. The molecule has 1 saturated heterocycles. The molecule has 1 aliphatic heterocycles. The van der Waals surface area contributed by atoms with Crippen LogP contribution in [-0.2, 0) is 9.59 Å². The number of amides is 2. The van der Waals surface area contributed by atoms with Crippen molar-refractivity contribution in [1.29, 1.82) is 0 Å². The summed E-state index contributed by atoms with van der Waals surface area (Å²) in [5, 5.41) is 0. The SMILES string of the molecule is CN(C(=O)C(=O)N1C(C)(C)CC(N)CC1(C)C)c1ccccc1. The van der Waals surface area contributed by atoms with E-state index in [4.69, 9.17) is 5.73 Å². The van der Waals surface area contributed by atoms with Crippen molar-refractivity contribution in [1.82, 2.24) is 4.90 Å². The van der Waals surface area contributed by atoms with Gasteiger partial charge in [-0.25, -0.2) is 0 Å². The van der Waals surface area contributed by atoms with Crippen LogP contribution in [0.5, 0.6) is 0 Å². The lowest BCUT2D eigenvalue weighted by molar-refractivity contribution is -0.157. The Labute approximate surface area is 138 Å². The van der Waals surface area contributed by atoms with E-state index in [2.05, 4.69) is 0 Å². The van der Waals surface area contributed by atoms with Crippen molar-refractivity contribution in [2.24, 2.45) is 5.73 Å². The van der Waals surface area contributed by atoms with Gasteiger partial charge in [0.1, 0.15) is 0 Å². The molecule has 0 spiro atoms. The van der Waals surface area contributed by atoms with E-state index >= 15 is 0 Å². The lowest BCUT2D eigenvalue weighted by Gasteiger charge is -2.54. The van der Waals surface area contributed by atoms with Crippen molar-refractivity contribution in [3.05, 3.63) is 30.3 Å². The van der Waals surface area contributed by atoms with Crippen LogP contribution < -0.4 is 10.6 Å². The van der Waals surface area contributed by atoms with E-state index in [1.54, 1.807) is 11.9 Å². The number of hydrogen-bond donors (Lipinski definition) is 1. The number of piperidine rings is 1. The van der Waals surface area contributed by atoms with Gasteiger partial charge in [-0.3, -0.25) is 9.59 Å². The largest absolute Gasteiger partial charge is 0.328 e. The maximum atomic E-state index is 12.9. The molecule has 0 bridgehead atoms. The fourth-order valence-corrected chi connectivity index (χ4v) is 3.92. The molecule has 0 unspecified atom stereocenters. The molecule has 0 aromatic heterocycles. The first-order chi connectivity index (χ1) is 10.6. The summed E-state index contributed by atoms with van der Waals surface area (Å²) in [6.07, 6.45) is 1.37. The molecule has 126 valence electrons. The van der Waals surface area contributed by atoms with Gasteiger partial charge < -0.3 is 15.5 Å². The first-order valence-corrected chi connectivity index (χ1v) is 7.99. The summed E-state index contributed by atoms with van der Waals surface area (Å²) in [6, 6.07) is 9.23. The van der Waals surface area contributed by atoms with Gasteiger partial charge in [0.15, 0.2) is 0 Å². The van der Waals surface area contributed by atoms with E-state index in [-0.39, 0.29) is 6.04 Å². The molecule has 5 heteroatoms. The van der Waals surface area contributed by atoms with Crippen LogP contribution in [0.2, 0.25) is 0 Å². The van der Waals surface area contributed by atoms with E-state index in [1.807, 2.05) is 58.0 Å². The zero-order valence-corrected chi connectivity index (χ0v) is 14.7. The molecule has 1 aromatic rings. The fraction of sp³-hybridized carbons (Fsp3) is 0.556. The number of likely N-dealkylation sites (N-methyl/N-ethyl adjacent to an activating group) is 1. The highest BCUT2D eigenvalue weighted by Gasteiger charge is 2.49. The molecule has 1 fully saturated rings. The van der Waals surface area contributed by atoms with Crippen molar-refractivity contribution in [2.75, 3.05) is 11.9 Å². The Morgan fingerprint density at radius 1 is 1.09 bits per heavy atom. The first kappa shape index (κ1) is 17.5. The molecule has 1 heterocycles. The van der Waals surface area contributed by atoms with Gasteiger partial charge in [-0.1, -0.05) is 18.2 Å². The van der Waals surface area contributed by atoms with Crippen LogP contribution in [0.25, 0.3) is 0 Å². The summed E-state index contributed by atoms with van der Waals surface area (Å²) in [5.74, 6) is -0.994. The highest BCUT2D eigenvalue weighted by atomic mass is 16.2. The summed E-state index contributed by atoms with van der Waals surface area (Å²) >= 11 is 0. The molecule has 2 amide bonds. The normalized spacial score (nSPS) is 20.2. The van der Waals surface area contributed by atoms with Gasteiger partial charge in [0.05, 0.1) is 0 Å². The minimum absolute atomic E-state index is 0.0333. The van der Waals surface area contributed by atoms with Crippen LogP contribution in [0, 0.1) is 0 Å². The third-order valence-corrected chi connectivity index (χ3v) is 4.57. The second kappa shape index (κ2) is 5.96. The predicted molar refractivity (Wildman–Crippen MR) is 92.1 cm³/mol. The molecular formula is C18H27N3O2. The van der Waals surface area contributed by atoms with Gasteiger partial charge in [0, 0.05) is 29.9 Å². The summed E-state index contributed by atoms with van der Waals surface area (Å²) in [4.78, 5) is 28.8. The minimum Gasteiger partial charge on any atom is -0.328 e. The van der Waals surface area contributed by atoms with Crippen LogP contribution in [0.4, 0.5) is 5.69 Å². The van der Waals surface area contributed by atoms with E-state index < -0.39 is 22.9 Å². The van der Waals surface area contributed by atoms with Crippen LogP contribution in [0.3, 0.4) is 0 Å². The summed E-state index contributed by atoms with van der Waals surface area (Å²) in [5.41, 5.74) is 5.94. The fourth-order valence-electron chi connectivity index (χ4n) is 3.92. The molecule has 5 nitrogen and oxygen atoms in total. The lowest BCUT2D eigenvalue weighted by atomic mass is 9.77. The maximum absolute atomic E-state index is 12.9. The molecule has 1 aromatic carbocycles. The third kappa shape index (κ3) is 3.39. The van der Waals surface area contributed by atoms with Gasteiger partial charge in [-0.05, 0) is 52.7 Å². The number of hydrogen-bond acceptors (Lipinski definition) is 3. The molecule has 0 aliphatic carbocycles. The Kier molecular flexibility index (Phi) is 4.53. The lowest BCUT2D eigenvalue weighted by Crippen LogP contribution is -2.67. The van der Waals surface area contributed by atoms with E-state index in [0.29, 0.717) is 18.5 Å². The van der Waals surface area contributed by atoms with Gasteiger partial charge in [-0.2, -0.15) is 0 Å². The number of benzene rings is 1. The summed E-state index contributed by atoms with van der Waals surface area (Å²) in [7, 11) is 1.63. The molecule has 0 saturated carbocycles. The molecule has 0 atom stereocenters. The maximum Gasteiger partial charge on any atom is 0.316 e. The van der Waals surface area contributed by atoms with Crippen LogP contribution in [-0.4, -0.2) is 40.9 Å². The quantitative estimate of drug-likeness (QED) is 0.807. The van der Waals surface area contributed by atoms with Crippen LogP contribution in [0.1, 0.15) is 40.5 Å². The van der Waals surface area contributed by atoms with Crippen molar-refractivity contribution in [3.63, 3.8) is 0 Å². The first-order valence-electron chi connectivity index (χ1n) is 7.99. The molecule has 1 aliphatic rings. The predicted octanol–water partition coefficient (Wildman–Crippen LogP) is 2.16. The monoisotopic (exact) mass is 317 g/mol. The summed E-state index contributed by atoms with van der Waals surface area (Å²) in [6.45, 7) is 7.89. The third-order valence-electron chi connectivity index (χ3n) is 4.57. The summed E-state index contributed by atoms with van der Waals surface area (Å²) < 4.78 is 0. The Hall–Kier alpha value is -1.88. The number of nitrogens with two attached hydrogens (primary N) is 1. The van der Waals surface area contributed by atoms with Gasteiger partial charge in [-0.15, -0.1) is 0 Å². The van der Waals surface area contributed by atoms with Crippen molar-refractivity contribution >= 4 is 17.5 Å². The number of para-hydroxylation sites is 1. The zero-order chi connectivity index (χ0) is 17.4. The van der Waals surface area contributed by atoms with Gasteiger partial charge in [0.25, 0.3) is 0 Å². The molecular weight excluding hydrogens is 290 g/mol. The molecule has 2 rings (SSSR count). The standard InChI is InChI=1S/C18H27N3O2/c1-17(2)11-13(19)12-18(3,4)21(17)16(23)15(22)20(5)14-9-7-6-8-10-14/h6-10,13H,11-12,19H2,1-5H3. The number of carbonyl (C=O) groups excluding carboxylic acids is 2. The smallest absolute Gasteiger partial charge is 0.316 e. The number of anilines is 1. The molecule has 23 heavy (non-hydrogen) atoms. The number of nitrogens with zero attached hydrogens (tertiary/aromatic N) is 2. The Morgan fingerprint density at radius 2 is 1.57 bits per heavy atom. The van der Waals surface area contributed by atoms with E-state index in [9.17, 15) is 9.59 Å². The van der Waals surface area contributed by atoms with Crippen molar-refractivity contribution < 1.29 is 9.59 Å². The van der Waals surface area contributed by atoms with E-state index in [1.165, 1.54) is 4.90 Å². The van der Waals surface area contributed by atoms with Gasteiger partial charge in [0.2, 0.25) is 0 Å². The molecule has 0 radical (unpaired) electrons. The van der Waals surface area contributed by atoms with Crippen LogP contribution >= 0.6 is 0 Å². The average Bonchev–Trinajstić information content (AvgIpc) is 2.43. The highest BCUT2D eigenvalue weighted by Crippen LogP contribution is 2.38. The average molecular weight is 317 g/mol. The van der Waals surface area contributed by atoms with E-state index in [0.717, 1.165) is 0 Å². The number of rotatable bonds is 1. The topological polar surface area (TPSA) is 66.6 Å². The second-order valence-electron chi connectivity index (χ2n) is 7.63. The Balaban J connectivity index is 2.29. The van der Waals surface area contributed by atoms with Crippen molar-refractivity contribution in [3.8, 4) is 0 Å². The Morgan fingerprint density at radius 3 is 2.04 bits per heavy atom.